The first-order chi connectivity index (χ1) is 15.0. The van der Waals surface area contributed by atoms with Crippen molar-refractivity contribution in [2.24, 2.45) is 0 Å². The van der Waals surface area contributed by atoms with Crippen molar-refractivity contribution < 1.29 is 22.7 Å². The van der Waals surface area contributed by atoms with Gasteiger partial charge in [-0.2, -0.15) is 0 Å². The van der Waals surface area contributed by atoms with Gasteiger partial charge in [-0.1, -0.05) is 30.3 Å². The van der Waals surface area contributed by atoms with Gasteiger partial charge in [-0.05, 0) is 50.6 Å². The summed E-state index contributed by atoms with van der Waals surface area (Å²) in [6.07, 6.45) is -0.319. The Hall–Kier alpha value is -3.07. The second kappa shape index (κ2) is 9.60. The second-order valence-electron chi connectivity index (χ2n) is 8.68. The monoisotopic (exact) mass is 459 g/mol. The number of nitrogens with one attached hydrogen (secondary N) is 1. The lowest BCUT2D eigenvalue weighted by Crippen LogP contribution is -2.50. The summed E-state index contributed by atoms with van der Waals surface area (Å²) in [5.41, 5.74) is 1.24. The van der Waals surface area contributed by atoms with Crippen LogP contribution in [-0.4, -0.2) is 57.1 Å². The summed E-state index contributed by atoms with van der Waals surface area (Å²) in [4.78, 5) is 28.4. The Morgan fingerprint density at radius 1 is 0.938 bits per heavy atom. The van der Waals surface area contributed by atoms with Gasteiger partial charge in [0.1, 0.15) is 5.60 Å². The maximum atomic E-state index is 12.4. The number of carbonyl (C=O) groups is 2. The third-order valence-corrected chi connectivity index (χ3v) is 6.08. The van der Waals surface area contributed by atoms with E-state index in [-0.39, 0.29) is 17.4 Å². The highest BCUT2D eigenvalue weighted by Gasteiger charge is 2.26. The zero-order chi connectivity index (χ0) is 23.4. The van der Waals surface area contributed by atoms with Gasteiger partial charge in [-0.15, -0.1) is 0 Å². The number of carbonyl (C=O) groups excluding carboxylic acids is 2. The van der Waals surface area contributed by atoms with Gasteiger partial charge < -0.3 is 14.5 Å². The Morgan fingerprint density at radius 3 is 2.09 bits per heavy atom. The molecule has 0 spiro atoms. The lowest BCUT2D eigenvalue weighted by Gasteiger charge is -2.36. The molecule has 0 saturated carbocycles. The van der Waals surface area contributed by atoms with Crippen LogP contribution in [0.2, 0.25) is 0 Å². The maximum absolute atomic E-state index is 12.4. The van der Waals surface area contributed by atoms with Crippen LogP contribution in [0.3, 0.4) is 0 Å². The molecular weight excluding hydrogens is 430 g/mol. The topological polar surface area (TPSA) is 96.0 Å². The first kappa shape index (κ1) is 23.6. The number of rotatable bonds is 5. The highest BCUT2D eigenvalue weighted by Crippen LogP contribution is 2.19. The van der Waals surface area contributed by atoms with E-state index in [1.807, 2.05) is 20.8 Å². The molecule has 0 bridgehead atoms. The summed E-state index contributed by atoms with van der Waals surface area (Å²) < 4.78 is 32.1. The summed E-state index contributed by atoms with van der Waals surface area (Å²) >= 11 is 0. The van der Waals surface area contributed by atoms with Crippen LogP contribution < -0.4 is 9.62 Å². The van der Waals surface area contributed by atoms with Crippen molar-refractivity contribution >= 4 is 27.7 Å². The van der Waals surface area contributed by atoms with Crippen LogP contribution in [0.25, 0.3) is 0 Å². The molecular formula is C23H29N3O5S. The standard InChI is InChI=1S/C23H29N3O5S/c1-23(2,3)31-22(28)26-15-13-25(14-16-26)20-11-9-19(10-12-20)21(27)24-32(29,30)17-18-7-5-4-6-8-18/h4-12H,13-17H2,1-3H3,(H,24,27). The molecule has 2 aromatic carbocycles. The molecule has 0 aromatic heterocycles. The number of benzene rings is 2. The molecule has 0 unspecified atom stereocenters. The van der Waals surface area contributed by atoms with Crippen molar-refractivity contribution in [1.29, 1.82) is 0 Å². The Balaban J connectivity index is 1.55. The number of nitrogens with zero attached hydrogens (tertiary/aromatic N) is 2. The predicted octanol–water partition coefficient (Wildman–Crippen LogP) is 3.00. The average molecular weight is 460 g/mol. The third-order valence-electron chi connectivity index (χ3n) is 4.87. The fourth-order valence-electron chi connectivity index (χ4n) is 3.33. The molecule has 1 aliphatic heterocycles. The molecule has 3 rings (SSSR count). The van der Waals surface area contributed by atoms with Gasteiger partial charge in [0.25, 0.3) is 5.91 Å². The van der Waals surface area contributed by atoms with E-state index in [1.54, 1.807) is 59.5 Å². The van der Waals surface area contributed by atoms with Gasteiger partial charge in [0, 0.05) is 37.4 Å². The first-order valence-corrected chi connectivity index (χ1v) is 12.1. The van der Waals surface area contributed by atoms with Crippen molar-refractivity contribution in [1.82, 2.24) is 9.62 Å². The van der Waals surface area contributed by atoms with Crippen LogP contribution in [0.5, 0.6) is 0 Å². The number of hydrogen-bond donors (Lipinski definition) is 1. The molecule has 0 aliphatic carbocycles. The lowest BCUT2D eigenvalue weighted by atomic mass is 10.1. The minimum atomic E-state index is -3.80. The van der Waals surface area contributed by atoms with Gasteiger partial charge in [0.05, 0.1) is 5.75 Å². The number of piperazine rings is 1. The summed E-state index contributed by atoms with van der Waals surface area (Å²) in [7, 11) is -3.80. The smallest absolute Gasteiger partial charge is 0.410 e. The Labute approximate surface area is 189 Å². The second-order valence-corrected chi connectivity index (χ2v) is 10.4. The predicted molar refractivity (Wildman–Crippen MR) is 123 cm³/mol. The van der Waals surface area contributed by atoms with Gasteiger partial charge >= 0.3 is 6.09 Å². The van der Waals surface area contributed by atoms with E-state index in [9.17, 15) is 18.0 Å². The Morgan fingerprint density at radius 2 is 1.53 bits per heavy atom. The first-order valence-electron chi connectivity index (χ1n) is 10.4. The van der Waals surface area contributed by atoms with E-state index in [0.717, 1.165) is 5.69 Å². The van der Waals surface area contributed by atoms with Crippen LogP contribution in [0, 0.1) is 0 Å². The highest BCUT2D eigenvalue weighted by atomic mass is 32.2. The van der Waals surface area contributed by atoms with E-state index in [1.165, 1.54) is 0 Å². The Kier molecular flexibility index (Phi) is 7.08. The van der Waals surface area contributed by atoms with E-state index in [4.69, 9.17) is 4.74 Å². The van der Waals surface area contributed by atoms with Crippen LogP contribution in [0.1, 0.15) is 36.7 Å². The molecule has 1 aliphatic rings. The highest BCUT2D eigenvalue weighted by molar-refractivity contribution is 7.89. The average Bonchev–Trinajstić information content (AvgIpc) is 2.73. The molecule has 9 heteroatoms. The number of amides is 2. The van der Waals surface area contributed by atoms with Gasteiger partial charge in [0.15, 0.2) is 0 Å². The molecule has 1 fully saturated rings. The van der Waals surface area contributed by atoms with Crippen LogP contribution in [0.4, 0.5) is 10.5 Å². The van der Waals surface area contributed by atoms with Gasteiger partial charge in [-0.3, -0.25) is 4.79 Å². The lowest BCUT2D eigenvalue weighted by molar-refractivity contribution is 0.0240. The minimum absolute atomic E-state index is 0.262. The zero-order valence-electron chi connectivity index (χ0n) is 18.6. The molecule has 1 heterocycles. The number of anilines is 1. The summed E-state index contributed by atoms with van der Waals surface area (Å²) in [6, 6.07) is 15.4. The molecule has 32 heavy (non-hydrogen) atoms. The van der Waals surface area contributed by atoms with E-state index >= 15 is 0 Å². The minimum Gasteiger partial charge on any atom is -0.444 e. The van der Waals surface area contributed by atoms with Crippen LogP contribution >= 0.6 is 0 Å². The fraction of sp³-hybridized carbons (Fsp3) is 0.391. The summed E-state index contributed by atoms with van der Waals surface area (Å²) in [5, 5.41) is 0. The molecule has 2 amide bonds. The molecule has 1 N–H and O–H groups in total. The van der Waals surface area contributed by atoms with Crippen LogP contribution in [-0.2, 0) is 20.5 Å². The molecule has 172 valence electrons. The number of sulfonamides is 1. The summed E-state index contributed by atoms with van der Waals surface area (Å²) in [5.74, 6) is -0.929. The van der Waals surface area contributed by atoms with E-state index in [0.29, 0.717) is 31.7 Å². The molecule has 8 nitrogen and oxygen atoms in total. The van der Waals surface area contributed by atoms with E-state index in [2.05, 4.69) is 9.62 Å². The SMILES string of the molecule is CC(C)(C)OC(=O)N1CCN(c2ccc(C(=O)NS(=O)(=O)Cc3ccccc3)cc2)CC1. The zero-order valence-corrected chi connectivity index (χ0v) is 19.4. The van der Waals surface area contributed by atoms with Crippen molar-refractivity contribution in [3.8, 4) is 0 Å². The Bertz CT molecular complexity index is 1040. The molecule has 1 saturated heterocycles. The fourth-order valence-corrected chi connectivity index (χ4v) is 4.43. The maximum Gasteiger partial charge on any atom is 0.410 e. The van der Waals surface area contributed by atoms with Crippen molar-refractivity contribution in [2.45, 2.75) is 32.1 Å². The molecule has 2 aromatic rings. The molecule has 0 atom stereocenters. The normalized spacial score (nSPS) is 14.7. The van der Waals surface area contributed by atoms with Gasteiger partial charge in [-0.25, -0.2) is 17.9 Å². The van der Waals surface area contributed by atoms with Crippen LogP contribution in [0.15, 0.2) is 54.6 Å². The van der Waals surface area contributed by atoms with E-state index < -0.39 is 21.5 Å². The molecule has 0 radical (unpaired) electrons. The third kappa shape index (κ3) is 6.71. The van der Waals surface area contributed by atoms with Crippen molar-refractivity contribution in [3.63, 3.8) is 0 Å². The largest absolute Gasteiger partial charge is 0.444 e. The van der Waals surface area contributed by atoms with Crippen molar-refractivity contribution in [2.75, 3.05) is 31.1 Å². The number of ether oxygens (including phenoxy) is 1. The van der Waals surface area contributed by atoms with Crippen molar-refractivity contribution in [3.05, 3.63) is 65.7 Å². The quantitative estimate of drug-likeness (QED) is 0.739. The van der Waals surface area contributed by atoms with Gasteiger partial charge in [0.2, 0.25) is 10.0 Å². The summed E-state index contributed by atoms with van der Waals surface area (Å²) in [6.45, 7) is 7.86. The number of hydrogen-bond acceptors (Lipinski definition) is 6.